The van der Waals surface area contributed by atoms with Gasteiger partial charge in [0.2, 0.25) is 0 Å². The van der Waals surface area contributed by atoms with Crippen molar-refractivity contribution in [1.29, 1.82) is 0 Å². The average Bonchev–Trinajstić information content (AvgIpc) is 2.71. The second-order valence-corrected chi connectivity index (χ2v) is 7.06. The van der Waals surface area contributed by atoms with E-state index < -0.39 is 0 Å². The highest BCUT2D eigenvalue weighted by Gasteiger charge is 2.09. The van der Waals surface area contributed by atoms with Crippen molar-refractivity contribution in [1.82, 2.24) is 15.5 Å². The van der Waals surface area contributed by atoms with Crippen LogP contribution >= 0.6 is 24.0 Å². The van der Waals surface area contributed by atoms with Crippen LogP contribution in [0.3, 0.4) is 0 Å². The molecule has 2 rings (SSSR count). The fourth-order valence-corrected chi connectivity index (χ4v) is 2.93. The molecule has 0 aromatic heterocycles. The first kappa shape index (κ1) is 25.1. The molecule has 1 aromatic rings. The van der Waals surface area contributed by atoms with Gasteiger partial charge in [0.25, 0.3) is 0 Å². The Labute approximate surface area is 187 Å². The summed E-state index contributed by atoms with van der Waals surface area (Å²) in [6, 6.07) is 10.3. The first-order chi connectivity index (χ1) is 13.3. The predicted molar refractivity (Wildman–Crippen MR) is 127 cm³/mol. The normalized spacial score (nSPS) is 16.3. The van der Waals surface area contributed by atoms with Crippen molar-refractivity contribution in [3.63, 3.8) is 0 Å². The van der Waals surface area contributed by atoms with Crippen LogP contribution in [0.4, 0.5) is 0 Å². The molecular formula is C21H37IN4O2. The lowest BCUT2D eigenvalue weighted by molar-refractivity contribution is 0.0376. The maximum absolute atomic E-state index is 5.81. The van der Waals surface area contributed by atoms with Crippen LogP contribution in [0.25, 0.3) is 0 Å². The molecule has 28 heavy (non-hydrogen) atoms. The third-order valence-electron chi connectivity index (χ3n) is 4.47. The first-order valence-corrected chi connectivity index (χ1v) is 10.2. The van der Waals surface area contributed by atoms with Crippen molar-refractivity contribution in [2.45, 2.75) is 26.9 Å². The van der Waals surface area contributed by atoms with E-state index in [4.69, 9.17) is 14.5 Å². The van der Waals surface area contributed by atoms with Gasteiger partial charge in [0.05, 0.1) is 26.4 Å². The number of nitrogens with zero attached hydrogens (tertiary/aromatic N) is 2. The van der Waals surface area contributed by atoms with Crippen LogP contribution in [0, 0.1) is 5.92 Å². The quantitative estimate of drug-likeness (QED) is 0.210. The Bertz CT molecular complexity index is 524. The van der Waals surface area contributed by atoms with Crippen molar-refractivity contribution in [2.24, 2.45) is 10.9 Å². The summed E-state index contributed by atoms with van der Waals surface area (Å²) >= 11 is 0. The van der Waals surface area contributed by atoms with E-state index >= 15 is 0 Å². The van der Waals surface area contributed by atoms with E-state index in [1.165, 1.54) is 5.56 Å². The van der Waals surface area contributed by atoms with Gasteiger partial charge in [-0.3, -0.25) is 9.89 Å². The van der Waals surface area contributed by atoms with Crippen LogP contribution in [-0.2, 0) is 16.1 Å². The minimum atomic E-state index is 0. The molecule has 1 heterocycles. The Morgan fingerprint density at radius 2 is 1.96 bits per heavy atom. The van der Waals surface area contributed by atoms with Gasteiger partial charge in [-0.25, -0.2) is 0 Å². The van der Waals surface area contributed by atoms with E-state index in [2.05, 4.69) is 41.5 Å². The van der Waals surface area contributed by atoms with Crippen molar-refractivity contribution in [3.05, 3.63) is 35.9 Å². The molecule has 0 saturated carbocycles. The zero-order valence-corrected chi connectivity index (χ0v) is 19.7. The summed E-state index contributed by atoms with van der Waals surface area (Å²) in [4.78, 5) is 7.16. The Kier molecular flexibility index (Phi) is 14.3. The molecule has 0 bridgehead atoms. The summed E-state index contributed by atoms with van der Waals surface area (Å²) in [7, 11) is 0. The topological polar surface area (TPSA) is 58.1 Å². The van der Waals surface area contributed by atoms with E-state index in [-0.39, 0.29) is 24.0 Å². The third kappa shape index (κ3) is 11.2. The number of halogens is 1. The number of hydrogen-bond donors (Lipinski definition) is 2. The molecule has 1 aromatic carbocycles. The number of aliphatic imine (C=N–C) groups is 1. The lowest BCUT2D eigenvalue weighted by atomic mass is 10.2. The Morgan fingerprint density at radius 3 is 2.68 bits per heavy atom. The standard InChI is InChI=1S/C21H36N4O2.HI/c1-3-22-21(23-10-7-11-25-12-14-26-15-13-25)24-16-19(2)17-27-18-20-8-5-4-6-9-20;/h4-6,8-9,19H,3,7,10-18H2,1-2H3,(H2,22,23,24);1H. The maximum Gasteiger partial charge on any atom is 0.191 e. The molecule has 1 saturated heterocycles. The van der Waals surface area contributed by atoms with Gasteiger partial charge in [0.15, 0.2) is 5.96 Å². The maximum atomic E-state index is 5.81. The monoisotopic (exact) mass is 504 g/mol. The fourth-order valence-electron chi connectivity index (χ4n) is 2.93. The number of morpholine rings is 1. The molecule has 0 aliphatic carbocycles. The van der Waals surface area contributed by atoms with Crippen LogP contribution in [-0.4, -0.2) is 69.9 Å². The lowest BCUT2D eigenvalue weighted by Gasteiger charge is -2.26. The van der Waals surface area contributed by atoms with Gasteiger partial charge in [-0.2, -0.15) is 0 Å². The summed E-state index contributed by atoms with van der Waals surface area (Å²) < 4.78 is 11.2. The molecule has 1 atom stereocenters. The molecule has 6 nitrogen and oxygen atoms in total. The molecule has 0 amide bonds. The highest BCUT2D eigenvalue weighted by Crippen LogP contribution is 2.04. The molecule has 1 aliphatic rings. The number of ether oxygens (including phenoxy) is 2. The zero-order valence-electron chi connectivity index (χ0n) is 17.4. The molecular weight excluding hydrogens is 467 g/mol. The fraction of sp³-hybridized carbons (Fsp3) is 0.667. The van der Waals surface area contributed by atoms with Crippen LogP contribution in [0.2, 0.25) is 0 Å². The number of hydrogen-bond acceptors (Lipinski definition) is 4. The van der Waals surface area contributed by atoms with Crippen LogP contribution < -0.4 is 10.6 Å². The molecule has 0 radical (unpaired) electrons. The van der Waals surface area contributed by atoms with Gasteiger partial charge in [0.1, 0.15) is 0 Å². The molecule has 7 heteroatoms. The van der Waals surface area contributed by atoms with E-state index in [0.717, 1.165) is 71.5 Å². The summed E-state index contributed by atoms with van der Waals surface area (Å²) in [5.74, 6) is 1.28. The lowest BCUT2D eigenvalue weighted by Crippen LogP contribution is -2.41. The van der Waals surface area contributed by atoms with Gasteiger partial charge < -0.3 is 20.1 Å². The van der Waals surface area contributed by atoms with E-state index in [0.29, 0.717) is 12.5 Å². The molecule has 160 valence electrons. The minimum Gasteiger partial charge on any atom is -0.379 e. The molecule has 1 aliphatic heterocycles. The van der Waals surface area contributed by atoms with Crippen LogP contribution in [0.5, 0.6) is 0 Å². The highest BCUT2D eigenvalue weighted by molar-refractivity contribution is 14.0. The van der Waals surface area contributed by atoms with Crippen molar-refractivity contribution in [3.8, 4) is 0 Å². The summed E-state index contributed by atoms with van der Waals surface area (Å²) in [6.07, 6.45) is 1.11. The van der Waals surface area contributed by atoms with Crippen LogP contribution in [0.1, 0.15) is 25.8 Å². The predicted octanol–water partition coefficient (Wildman–Crippen LogP) is 2.73. The number of rotatable bonds is 11. The first-order valence-electron chi connectivity index (χ1n) is 10.2. The van der Waals surface area contributed by atoms with Gasteiger partial charge in [-0.1, -0.05) is 37.3 Å². The summed E-state index contributed by atoms with van der Waals surface area (Å²) in [5, 5.41) is 6.76. The molecule has 1 unspecified atom stereocenters. The SMILES string of the molecule is CCNC(=NCC(C)COCc1ccccc1)NCCCN1CCOCC1.I. The second kappa shape index (κ2) is 16.0. The van der Waals surface area contributed by atoms with Gasteiger partial charge in [-0.05, 0) is 31.4 Å². The molecule has 2 N–H and O–H groups in total. The second-order valence-electron chi connectivity index (χ2n) is 7.06. The van der Waals surface area contributed by atoms with Gasteiger partial charge in [-0.15, -0.1) is 24.0 Å². The van der Waals surface area contributed by atoms with E-state index in [1.54, 1.807) is 0 Å². The smallest absolute Gasteiger partial charge is 0.191 e. The summed E-state index contributed by atoms with van der Waals surface area (Å²) in [6.45, 7) is 13.1. The van der Waals surface area contributed by atoms with E-state index in [9.17, 15) is 0 Å². The Balaban J connectivity index is 0.00000392. The van der Waals surface area contributed by atoms with Crippen molar-refractivity contribution in [2.75, 3.05) is 59.1 Å². The largest absolute Gasteiger partial charge is 0.379 e. The van der Waals surface area contributed by atoms with Crippen molar-refractivity contribution < 1.29 is 9.47 Å². The molecule has 1 fully saturated rings. The Morgan fingerprint density at radius 1 is 1.21 bits per heavy atom. The number of nitrogens with one attached hydrogen (secondary N) is 2. The summed E-state index contributed by atoms with van der Waals surface area (Å²) in [5.41, 5.74) is 1.21. The third-order valence-corrected chi connectivity index (χ3v) is 4.47. The molecule has 0 spiro atoms. The van der Waals surface area contributed by atoms with Crippen molar-refractivity contribution >= 4 is 29.9 Å². The van der Waals surface area contributed by atoms with Crippen LogP contribution in [0.15, 0.2) is 35.3 Å². The number of benzene rings is 1. The highest BCUT2D eigenvalue weighted by atomic mass is 127. The van der Waals surface area contributed by atoms with Gasteiger partial charge >= 0.3 is 0 Å². The van der Waals surface area contributed by atoms with Gasteiger partial charge in [0, 0.05) is 32.7 Å². The zero-order chi connectivity index (χ0) is 19.2. The van der Waals surface area contributed by atoms with E-state index in [1.807, 2.05) is 18.2 Å². The minimum absolute atomic E-state index is 0. The Hall–Kier alpha value is -0.900. The average molecular weight is 504 g/mol. The number of guanidine groups is 1.